The van der Waals surface area contributed by atoms with Crippen LogP contribution >= 0.6 is 11.6 Å². The maximum absolute atomic E-state index is 12.0. The molecule has 4 nitrogen and oxygen atoms in total. The zero-order chi connectivity index (χ0) is 17.5. The number of nitrogens with zero attached hydrogens (tertiary/aromatic N) is 1. The lowest BCUT2D eigenvalue weighted by Crippen LogP contribution is -2.24. The van der Waals surface area contributed by atoms with Gasteiger partial charge in [0.25, 0.3) is 0 Å². The number of benzene rings is 2. The number of Topliss-reactive ketones (excluding diaryl/α,β-unsaturated/α-hetero) is 1. The fourth-order valence-corrected chi connectivity index (χ4v) is 2.54. The molecule has 126 valence electrons. The van der Waals surface area contributed by atoms with Crippen molar-refractivity contribution in [2.75, 3.05) is 18.9 Å². The van der Waals surface area contributed by atoms with Gasteiger partial charge in [0.15, 0.2) is 5.78 Å². The molecular weight excluding hydrogens is 324 g/mol. The van der Waals surface area contributed by atoms with Crippen molar-refractivity contribution in [3.63, 3.8) is 0 Å². The van der Waals surface area contributed by atoms with Crippen LogP contribution in [0.25, 0.3) is 0 Å². The summed E-state index contributed by atoms with van der Waals surface area (Å²) in [6.45, 7) is 2.90. The van der Waals surface area contributed by atoms with E-state index in [-0.39, 0.29) is 11.7 Å². The van der Waals surface area contributed by atoms with Gasteiger partial charge in [-0.05, 0) is 55.9 Å². The second-order valence-corrected chi connectivity index (χ2v) is 6.24. The zero-order valence-electron chi connectivity index (χ0n) is 13.9. The van der Waals surface area contributed by atoms with E-state index in [2.05, 4.69) is 10.2 Å². The highest BCUT2D eigenvalue weighted by atomic mass is 35.5. The molecule has 0 atom stereocenters. The molecule has 0 bridgehead atoms. The van der Waals surface area contributed by atoms with Gasteiger partial charge in [0, 0.05) is 35.8 Å². The largest absolute Gasteiger partial charge is 0.326 e. The minimum absolute atomic E-state index is 0.00974. The van der Waals surface area contributed by atoms with Crippen molar-refractivity contribution >= 4 is 29.0 Å². The third-order valence-corrected chi connectivity index (χ3v) is 3.87. The van der Waals surface area contributed by atoms with E-state index in [0.717, 1.165) is 12.1 Å². The Balaban J connectivity index is 1.79. The first-order valence-corrected chi connectivity index (χ1v) is 8.15. The Morgan fingerprint density at radius 1 is 1.12 bits per heavy atom. The molecule has 0 aromatic heterocycles. The van der Waals surface area contributed by atoms with Gasteiger partial charge >= 0.3 is 0 Å². The number of carbonyl (C=O) groups is 2. The predicted molar refractivity (Wildman–Crippen MR) is 97.5 cm³/mol. The second-order valence-electron chi connectivity index (χ2n) is 5.80. The van der Waals surface area contributed by atoms with E-state index in [1.54, 1.807) is 24.3 Å². The van der Waals surface area contributed by atoms with Gasteiger partial charge in [0.05, 0.1) is 0 Å². The summed E-state index contributed by atoms with van der Waals surface area (Å²) in [5.74, 6) is -0.0426. The maximum atomic E-state index is 12.0. The topological polar surface area (TPSA) is 49.4 Å². The van der Waals surface area contributed by atoms with Crippen LogP contribution in [0.1, 0.15) is 29.3 Å². The summed E-state index contributed by atoms with van der Waals surface area (Å²) >= 11 is 5.97. The van der Waals surface area contributed by atoms with Gasteiger partial charge in [0.1, 0.15) is 0 Å². The van der Waals surface area contributed by atoms with Gasteiger partial charge in [-0.15, -0.1) is 0 Å². The van der Waals surface area contributed by atoms with Crippen LogP contribution in [-0.2, 0) is 11.3 Å². The first-order valence-electron chi connectivity index (χ1n) is 7.78. The van der Waals surface area contributed by atoms with Gasteiger partial charge in [-0.1, -0.05) is 23.7 Å². The van der Waals surface area contributed by atoms with Gasteiger partial charge in [-0.25, -0.2) is 0 Å². The number of amides is 1. The standard InChI is InChI=1S/C19H21ClN2O2/c1-14(23)16-6-8-18(9-7-16)21-19(24)10-11-22(2)13-15-4-3-5-17(20)12-15/h3-9,12H,10-11,13H2,1-2H3,(H,21,24). The quantitative estimate of drug-likeness (QED) is 0.772. The lowest BCUT2D eigenvalue weighted by Gasteiger charge is -2.16. The molecule has 0 unspecified atom stereocenters. The molecule has 0 spiro atoms. The summed E-state index contributed by atoms with van der Waals surface area (Å²) in [7, 11) is 1.97. The van der Waals surface area contributed by atoms with Crippen LogP contribution in [0.5, 0.6) is 0 Å². The number of halogens is 1. The molecule has 2 rings (SSSR count). The molecule has 0 radical (unpaired) electrons. The van der Waals surface area contributed by atoms with Crippen LogP contribution in [0.4, 0.5) is 5.69 Å². The molecule has 1 amide bonds. The summed E-state index contributed by atoms with van der Waals surface area (Å²) in [5.41, 5.74) is 2.45. The van der Waals surface area contributed by atoms with Crippen LogP contribution in [0, 0.1) is 0 Å². The fourth-order valence-electron chi connectivity index (χ4n) is 2.33. The number of ketones is 1. The van der Waals surface area contributed by atoms with Crippen LogP contribution in [0.15, 0.2) is 48.5 Å². The van der Waals surface area contributed by atoms with Crippen LogP contribution < -0.4 is 5.32 Å². The van der Waals surface area contributed by atoms with Crippen LogP contribution in [-0.4, -0.2) is 30.2 Å². The molecule has 0 aliphatic carbocycles. The first kappa shape index (κ1) is 18.2. The molecule has 1 N–H and O–H groups in total. The molecule has 0 heterocycles. The molecule has 0 saturated heterocycles. The van der Waals surface area contributed by atoms with Gasteiger partial charge in [0.2, 0.25) is 5.91 Å². The monoisotopic (exact) mass is 344 g/mol. The van der Waals surface area contributed by atoms with Gasteiger partial charge in [-0.3, -0.25) is 9.59 Å². The van der Waals surface area contributed by atoms with Crippen molar-refractivity contribution in [3.05, 3.63) is 64.7 Å². The number of carbonyl (C=O) groups excluding carboxylic acids is 2. The number of anilines is 1. The highest BCUT2D eigenvalue weighted by Gasteiger charge is 2.07. The van der Waals surface area contributed by atoms with Crippen molar-refractivity contribution in [2.24, 2.45) is 0 Å². The summed E-state index contributed by atoms with van der Waals surface area (Å²) in [6, 6.07) is 14.6. The lowest BCUT2D eigenvalue weighted by molar-refractivity contribution is -0.116. The smallest absolute Gasteiger partial charge is 0.225 e. The van der Waals surface area contributed by atoms with Crippen molar-refractivity contribution in [3.8, 4) is 0 Å². The minimum atomic E-state index is -0.0523. The third kappa shape index (κ3) is 5.80. The molecule has 2 aromatic rings. The Morgan fingerprint density at radius 3 is 2.46 bits per heavy atom. The average Bonchev–Trinajstić information content (AvgIpc) is 2.53. The molecule has 0 aliphatic heterocycles. The number of hydrogen-bond acceptors (Lipinski definition) is 3. The SMILES string of the molecule is CC(=O)c1ccc(NC(=O)CCN(C)Cc2cccc(Cl)c2)cc1. The third-order valence-electron chi connectivity index (χ3n) is 3.64. The Hall–Kier alpha value is -2.17. The fraction of sp³-hybridized carbons (Fsp3) is 0.263. The van der Waals surface area contributed by atoms with Crippen molar-refractivity contribution in [1.29, 1.82) is 0 Å². The zero-order valence-corrected chi connectivity index (χ0v) is 14.6. The highest BCUT2D eigenvalue weighted by molar-refractivity contribution is 6.30. The molecule has 24 heavy (non-hydrogen) atoms. The first-order chi connectivity index (χ1) is 11.4. The van der Waals surface area contributed by atoms with Crippen LogP contribution in [0.3, 0.4) is 0 Å². The van der Waals surface area contributed by atoms with Gasteiger partial charge < -0.3 is 10.2 Å². The number of rotatable bonds is 7. The second kappa shape index (κ2) is 8.62. The molecule has 0 saturated carbocycles. The summed E-state index contributed by atoms with van der Waals surface area (Å²) in [4.78, 5) is 25.3. The molecule has 0 aliphatic rings. The Bertz CT molecular complexity index is 714. The van der Waals surface area contributed by atoms with Gasteiger partial charge in [-0.2, -0.15) is 0 Å². The van der Waals surface area contributed by atoms with E-state index >= 15 is 0 Å². The minimum Gasteiger partial charge on any atom is -0.326 e. The van der Waals surface area contributed by atoms with E-state index in [9.17, 15) is 9.59 Å². The normalized spacial score (nSPS) is 10.7. The van der Waals surface area contributed by atoms with E-state index in [1.165, 1.54) is 6.92 Å². The van der Waals surface area contributed by atoms with E-state index < -0.39 is 0 Å². The maximum Gasteiger partial charge on any atom is 0.225 e. The predicted octanol–water partition coefficient (Wildman–Crippen LogP) is 4.00. The molecule has 0 fully saturated rings. The number of hydrogen-bond donors (Lipinski definition) is 1. The molecule has 2 aromatic carbocycles. The van der Waals surface area contributed by atoms with E-state index in [4.69, 9.17) is 11.6 Å². The van der Waals surface area contributed by atoms with E-state index in [0.29, 0.717) is 29.2 Å². The van der Waals surface area contributed by atoms with Crippen molar-refractivity contribution < 1.29 is 9.59 Å². The lowest BCUT2D eigenvalue weighted by atomic mass is 10.1. The average molecular weight is 345 g/mol. The highest BCUT2D eigenvalue weighted by Crippen LogP contribution is 2.13. The van der Waals surface area contributed by atoms with Crippen molar-refractivity contribution in [2.45, 2.75) is 19.9 Å². The Labute approximate surface area is 147 Å². The summed E-state index contributed by atoms with van der Waals surface area (Å²) in [6.07, 6.45) is 0.394. The Kier molecular flexibility index (Phi) is 6.53. The van der Waals surface area contributed by atoms with Crippen LogP contribution in [0.2, 0.25) is 5.02 Å². The van der Waals surface area contributed by atoms with E-state index in [1.807, 2.05) is 31.3 Å². The number of nitrogens with one attached hydrogen (secondary N) is 1. The molecule has 5 heteroatoms. The molecular formula is C19H21ClN2O2. The Morgan fingerprint density at radius 2 is 1.83 bits per heavy atom. The summed E-state index contributed by atoms with van der Waals surface area (Å²) < 4.78 is 0. The van der Waals surface area contributed by atoms with Crippen molar-refractivity contribution in [1.82, 2.24) is 4.90 Å². The summed E-state index contributed by atoms with van der Waals surface area (Å²) in [5, 5.41) is 3.55.